The van der Waals surface area contributed by atoms with Crippen molar-refractivity contribution in [3.63, 3.8) is 0 Å². The van der Waals surface area contributed by atoms with Crippen LogP contribution in [-0.4, -0.2) is 0 Å². The van der Waals surface area contributed by atoms with Gasteiger partial charge < -0.3 is 0 Å². The summed E-state index contributed by atoms with van der Waals surface area (Å²) in [7, 11) is 0. The van der Waals surface area contributed by atoms with Crippen molar-refractivity contribution in [2.45, 2.75) is 26.2 Å². The maximum Gasteiger partial charge on any atom is 0.0163 e. The van der Waals surface area contributed by atoms with Gasteiger partial charge in [0.05, 0.1) is 0 Å². The van der Waals surface area contributed by atoms with Crippen LogP contribution in [0.4, 0.5) is 0 Å². The van der Waals surface area contributed by atoms with Crippen LogP contribution in [-0.2, 0) is 6.42 Å². The van der Waals surface area contributed by atoms with Crippen molar-refractivity contribution < 1.29 is 0 Å². The molecule has 1 aromatic rings. The molecule has 0 aromatic heterocycles. The molecule has 66 valence electrons. The number of hydrogen-bond donors (Lipinski definition) is 0. The average molecular weight is 386 g/mol. The molecule has 0 aliphatic heterocycles. The van der Waals surface area contributed by atoms with Crippen LogP contribution in [0, 0.1) is 7.14 Å². The molecule has 0 aliphatic rings. The minimum absolute atomic E-state index is 1.23. The zero-order valence-electron chi connectivity index (χ0n) is 7.11. The molecule has 0 unspecified atom stereocenters. The Balaban J connectivity index is 2.75. The molecular weight excluding hydrogens is 374 g/mol. The molecule has 2 heteroatoms. The van der Waals surface area contributed by atoms with Gasteiger partial charge in [-0.05, 0) is 81.8 Å². The van der Waals surface area contributed by atoms with Gasteiger partial charge in [-0.25, -0.2) is 0 Å². The summed E-state index contributed by atoms with van der Waals surface area (Å²) in [6.45, 7) is 2.24. The van der Waals surface area contributed by atoms with Crippen LogP contribution < -0.4 is 0 Å². The predicted octanol–water partition coefficient (Wildman–Crippen LogP) is 4.24. The van der Waals surface area contributed by atoms with Crippen LogP contribution in [0.15, 0.2) is 18.2 Å². The monoisotopic (exact) mass is 386 g/mol. The molecule has 0 aliphatic carbocycles. The van der Waals surface area contributed by atoms with Crippen LogP contribution in [0.2, 0.25) is 0 Å². The molecule has 0 N–H and O–H groups in total. The largest absolute Gasteiger partial charge is 0.0654 e. The second kappa shape index (κ2) is 5.42. The lowest BCUT2D eigenvalue weighted by Gasteiger charge is -2.03. The van der Waals surface area contributed by atoms with Crippen molar-refractivity contribution >= 4 is 45.2 Å². The molecule has 0 radical (unpaired) electrons. The summed E-state index contributed by atoms with van der Waals surface area (Å²) in [6, 6.07) is 6.66. The average Bonchev–Trinajstić information content (AvgIpc) is 2.07. The number of unbranched alkanes of at least 4 members (excludes halogenated alkanes) is 1. The van der Waals surface area contributed by atoms with Gasteiger partial charge in [-0.1, -0.05) is 13.3 Å². The maximum absolute atomic E-state index is 2.41. The summed E-state index contributed by atoms with van der Waals surface area (Å²) >= 11 is 4.78. The van der Waals surface area contributed by atoms with Gasteiger partial charge in [-0.3, -0.25) is 0 Å². The van der Waals surface area contributed by atoms with Crippen LogP contribution in [0.25, 0.3) is 0 Å². The SMILES string of the molecule is CCCCc1cc(I)ccc1I. The highest BCUT2D eigenvalue weighted by Gasteiger charge is 1.98. The molecule has 1 aromatic carbocycles. The molecule has 0 bridgehead atoms. The first-order valence-corrected chi connectivity index (χ1v) is 6.33. The van der Waals surface area contributed by atoms with E-state index in [4.69, 9.17) is 0 Å². The summed E-state index contributed by atoms with van der Waals surface area (Å²) in [6.07, 6.45) is 3.81. The highest BCUT2D eigenvalue weighted by molar-refractivity contribution is 14.1. The van der Waals surface area contributed by atoms with Crippen molar-refractivity contribution in [1.82, 2.24) is 0 Å². The highest BCUT2D eigenvalue weighted by Crippen LogP contribution is 2.17. The molecule has 0 saturated heterocycles. The molecule has 0 atom stereocenters. The Morgan fingerprint density at radius 1 is 1.25 bits per heavy atom. The zero-order valence-corrected chi connectivity index (χ0v) is 11.4. The number of rotatable bonds is 3. The van der Waals surface area contributed by atoms with Crippen LogP contribution in [0.3, 0.4) is 0 Å². The second-order valence-electron chi connectivity index (χ2n) is 2.84. The quantitative estimate of drug-likeness (QED) is 0.683. The summed E-state index contributed by atoms with van der Waals surface area (Å²) in [5.74, 6) is 0. The standard InChI is InChI=1S/C10H12I2/c1-2-3-4-8-7-9(11)5-6-10(8)12/h5-7H,2-4H2,1H3. The lowest BCUT2D eigenvalue weighted by molar-refractivity contribution is 0.792. The summed E-state index contributed by atoms with van der Waals surface area (Å²) in [4.78, 5) is 0. The van der Waals surface area contributed by atoms with E-state index >= 15 is 0 Å². The third kappa shape index (κ3) is 3.20. The van der Waals surface area contributed by atoms with Gasteiger partial charge in [0.2, 0.25) is 0 Å². The molecule has 1 rings (SSSR count). The highest BCUT2D eigenvalue weighted by atomic mass is 127. The van der Waals surface area contributed by atoms with Gasteiger partial charge >= 0.3 is 0 Å². The van der Waals surface area contributed by atoms with Gasteiger partial charge in [0.15, 0.2) is 0 Å². The van der Waals surface area contributed by atoms with Crippen LogP contribution in [0.5, 0.6) is 0 Å². The molecule has 0 heterocycles. The topological polar surface area (TPSA) is 0 Å². The Morgan fingerprint density at radius 3 is 2.67 bits per heavy atom. The Hall–Kier alpha value is 0.680. The zero-order chi connectivity index (χ0) is 8.97. The summed E-state index contributed by atoms with van der Waals surface area (Å²) in [5.41, 5.74) is 1.50. The van der Waals surface area contributed by atoms with Crippen molar-refractivity contribution in [3.8, 4) is 0 Å². The van der Waals surface area contributed by atoms with Crippen molar-refractivity contribution in [1.29, 1.82) is 0 Å². The summed E-state index contributed by atoms with van der Waals surface area (Å²) < 4.78 is 2.75. The Bertz CT molecular complexity index is 256. The number of benzene rings is 1. The number of hydrogen-bond acceptors (Lipinski definition) is 0. The van der Waals surface area contributed by atoms with E-state index in [1.165, 1.54) is 32.0 Å². The van der Waals surface area contributed by atoms with E-state index in [0.29, 0.717) is 0 Å². The Kier molecular flexibility index (Phi) is 4.86. The minimum Gasteiger partial charge on any atom is -0.0654 e. The van der Waals surface area contributed by atoms with Crippen molar-refractivity contribution in [3.05, 3.63) is 30.9 Å². The van der Waals surface area contributed by atoms with E-state index in [0.717, 1.165) is 0 Å². The molecule has 0 nitrogen and oxygen atoms in total. The minimum atomic E-state index is 1.23. The van der Waals surface area contributed by atoms with Gasteiger partial charge in [0.25, 0.3) is 0 Å². The summed E-state index contributed by atoms with van der Waals surface area (Å²) in [5, 5.41) is 0. The molecule has 0 saturated carbocycles. The fraction of sp³-hybridized carbons (Fsp3) is 0.400. The fourth-order valence-corrected chi connectivity index (χ4v) is 2.26. The number of halogens is 2. The molecule has 0 spiro atoms. The third-order valence-electron chi connectivity index (χ3n) is 1.81. The smallest absolute Gasteiger partial charge is 0.0163 e. The van der Waals surface area contributed by atoms with Crippen molar-refractivity contribution in [2.24, 2.45) is 0 Å². The molecule has 12 heavy (non-hydrogen) atoms. The third-order valence-corrected chi connectivity index (χ3v) is 3.53. The normalized spacial score (nSPS) is 10.2. The first-order valence-electron chi connectivity index (χ1n) is 4.18. The Morgan fingerprint density at radius 2 is 2.00 bits per heavy atom. The first kappa shape index (κ1) is 10.8. The predicted molar refractivity (Wildman–Crippen MR) is 70.5 cm³/mol. The van der Waals surface area contributed by atoms with Gasteiger partial charge in [-0.15, -0.1) is 0 Å². The molecular formula is C10H12I2. The van der Waals surface area contributed by atoms with E-state index in [1.54, 1.807) is 0 Å². The molecule has 0 fully saturated rings. The maximum atomic E-state index is 2.41. The van der Waals surface area contributed by atoms with Crippen molar-refractivity contribution in [2.75, 3.05) is 0 Å². The first-order chi connectivity index (χ1) is 5.74. The van der Waals surface area contributed by atoms with E-state index in [-0.39, 0.29) is 0 Å². The fourth-order valence-electron chi connectivity index (χ4n) is 1.10. The van der Waals surface area contributed by atoms with E-state index < -0.39 is 0 Å². The van der Waals surface area contributed by atoms with Crippen LogP contribution >= 0.6 is 45.2 Å². The van der Waals surface area contributed by atoms with E-state index in [1.807, 2.05) is 0 Å². The van der Waals surface area contributed by atoms with E-state index in [2.05, 4.69) is 70.3 Å². The van der Waals surface area contributed by atoms with E-state index in [9.17, 15) is 0 Å². The Labute approximate surface area is 101 Å². The number of aryl methyl sites for hydroxylation is 1. The lowest BCUT2D eigenvalue weighted by atomic mass is 10.1. The van der Waals surface area contributed by atoms with Gasteiger partial charge in [0, 0.05) is 7.14 Å². The van der Waals surface area contributed by atoms with Crippen LogP contribution in [0.1, 0.15) is 25.3 Å². The van der Waals surface area contributed by atoms with Gasteiger partial charge in [-0.2, -0.15) is 0 Å². The van der Waals surface area contributed by atoms with Gasteiger partial charge in [0.1, 0.15) is 0 Å². The second-order valence-corrected chi connectivity index (χ2v) is 5.25. The molecule has 0 amide bonds. The lowest BCUT2D eigenvalue weighted by Crippen LogP contribution is -1.89.